The molecule has 0 unspecified atom stereocenters. The normalized spacial score (nSPS) is 19.8. The molecule has 3 rings (SSSR count). The molecule has 0 radical (unpaired) electrons. The Labute approximate surface area is 162 Å². The van der Waals surface area contributed by atoms with Gasteiger partial charge in [0.2, 0.25) is 0 Å². The molecule has 2 atom stereocenters. The summed E-state index contributed by atoms with van der Waals surface area (Å²) in [4.78, 5) is 4.74. The van der Waals surface area contributed by atoms with Crippen molar-refractivity contribution in [3.05, 3.63) is 69.2 Å². The molecule has 2 aromatic rings. The van der Waals surface area contributed by atoms with Gasteiger partial charge in [-0.2, -0.15) is 0 Å². The smallest absolute Gasteiger partial charge is 0.0842 e. The first-order valence-electron chi connectivity index (χ1n) is 8.54. The number of hydrogen-bond acceptors (Lipinski definition) is 4. The van der Waals surface area contributed by atoms with E-state index >= 15 is 0 Å². The Kier molecular flexibility index (Phi) is 6.33. The number of rotatable bonds is 5. The molecule has 0 saturated heterocycles. The van der Waals surface area contributed by atoms with E-state index in [1.165, 1.54) is 0 Å². The Bertz CT molecular complexity index is 805. The number of fused-ring (bicyclic) bond motifs is 1. The van der Waals surface area contributed by atoms with Gasteiger partial charge in [0.25, 0.3) is 0 Å². The van der Waals surface area contributed by atoms with Gasteiger partial charge in [-0.05, 0) is 30.2 Å². The summed E-state index contributed by atoms with van der Waals surface area (Å²) in [7, 11) is 0. The quantitative estimate of drug-likeness (QED) is 0.727. The molecule has 0 amide bonds. The van der Waals surface area contributed by atoms with Crippen molar-refractivity contribution in [3.63, 3.8) is 0 Å². The van der Waals surface area contributed by atoms with Crippen LogP contribution in [-0.4, -0.2) is 40.8 Å². The van der Waals surface area contributed by atoms with Crippen LogP contribution in [0.15, 0.2) is 47.5 Å². The lowest BCUT2D eigenvalue weighted by molar-refractivity contribution is 0.0692. The fourth-order valence-corrected chi connectivity index (χ4v) is 3.76. The third kappa shape index (κ3) is 3.95. The molecule has 0 fully saturated rings. The minimum atomic E-state index is -0.772. The number of aliphatic imine (C=N–C) groups is 1. The third-order valence-electron chi connectivity index (χ3n) is 4.80. The van der Waals surface area contributed by atoms with Crippen LogP contribution in [0.4, 0.5) is 0 Å². The van der Waals surface area contributed by atoms with Crippen molar-refractivity contribution in [2.45, 2.75) is 12.5 Å². The highest BCUT2D eigenvalue weighted by Gasteiger charge is 2.30. The van der Waals surface area contributed by atoms with Gasteiger partial charge >= 0.3 is 0 Å². The molecule has 138 valence electrons. The molecule has 0 spiro atoms. The van der Waals surface area contributed by atoms with E-state index in [1.807, 2.05) is 18.2 Å². The van der Waals surface area contributed by atoms with Crippen molar-refractivity contribution in [1.82, 2.24) is 0 Å². The molecule has 6 heteroatoms. The number of benzene rings is 2. The van der Waals surface area contributed by atoms with Crippen LogP contribution >= 0.6 is 23.2 Å². The van der Waals surface area contributed by atoms with Crippen molar-refractivity contribution < 1.29 is 15.3 Å². The van der Waals surface area contributed by atoms with Crippen LogP contribution in [-0.2, 0) is 0 Å². The van der Waals surface area contributed by atoms with E-state index in [0.29, 0.717) is 28.7 Å². The van der Waals surface area contributed by atoms with Crippen molar-refractivity contribution >= 4 is 28.9 Å². The maximum atomic E-state index is 11.0. The summed E-state index contributed by atoms with van der Waals surface area (Å²) in [5.41, 5.74) is 2.96. The van der Waals surface area contributed by atoms with Gasteiger partial charge in [-0.3, -0.25) is 4.99 Å². The largest absolute Gasteiger partial charge is 0.396 e. The van der Waals surface area contributed by atoms with E-state index in [-0.39, 0.29) is 25.0 Å². The average molecular weight is 394 g/mol. The van der Waals surface area contributed by atoms with E-state index in [0.717, 1.165) is 16.7 Å². The Morgan fingerprint density at radius 3 is 2.46 bits per heavy atom. The summed E-state index contributed by atoms with van der Waals surface area (Å²) in [6, 6.07) is 12.8. The van der Waals surface area contributed by atoms with Gasteiger partial charge in [0.1, 0.15) is 0 Å². The first-order valence-corrected chi connectivity index (χ1v) is 9.29. The highest BCUT2D eigenvalue weighted by atomic mass is 35.5. The predicted octanol–water partition coefficient (Wildman–Crippen LogP) is 3.48. The molecular weight excluding hydrogens is 373 g/mol. The second-order valence-corrected chi connectivity index (χ2v) is 7.42. The van der Waals surface area contributed by atoms with Crippen LogP contribution in [0.5, 0.6) is 0 Å². The molecule has 26 heavy (non-hydrogen) atoms. The van der Waals surface area contributed by atoms with E-state index in [1.54, 1.807) is 24.3 Å². The summed E-state index contributed by atoms with van der Waals surface area (Å²) in [6.07, 6.45) is -0.304. The van der Waals surface area contributed by atoms with Crippen molar-refractivity contribution in [3.8, 4) is 0 Å². The van der Waals surface area contributed by atoms with Crippen molar-refractivity contribution in [2.24, 2.45) is 16.8 Å². The SMILES string of the molecule is OCC(CO)C[C@@H]1CN=C(c2ccccc2Cl)c2cc(Cl)ccc2[C@@H]1O. The summed E-state index contributed by atoms with van der Waals surface area (Å²) < 4.78 is 0. The minimum absolute atomic E-state index is 0.131. The molecule has 0 saturated carbocycles. The molecule has 1 aliphatic heterocycles. The Hall–Kier alpha value is -1.43. The minimum Gasteiger partial charge on any atom is -0.396 e. The van der Waals surface area contributed by atoms with Crippen LogP contribution in [0, 0.1) is 11.8 Å². The summed E-state index contributed by atoms with van der Waals surface area (Å²) in [6.45, 7) is 0.104. The topological polar surface area (TPSA) is 73.0 Å². The number of halogens is 2. The molecule has 3 N–H and O–H groups in total. The first kappa shape index (κ1) is 19.3. The maximum Gasteiger partial charge on any atom is 0.0842 e. The average Bonchev–Trinajstić information content (AvgIpc) is 2.77. The van der Waals surface area contributed by atoms with Gasteiger partial charge in [-0.1, -0.05) is 47.5 Å². The van der Waals surface area contributed by atoms with Crippen LogP contribution in [0.3, 0.4) is 0 Å². The number of aliphatic hydroxyl groups excluding tert-OH is 3. The zero-order chi connectivity index (χ0) is 18.7. The molecule has 1 aliphatic rings. The van der Waals surface area contributed by atoms with Gasteiger partial charge in [0.05, 0.1) is 11.8 Å². The van der Waals surface area contributed by atoms with Crippen LogP contribution in [0.1, 0.15) is 29.2 Å². The predicted molar refractivity (Wildman–Crippen MR) is 104 cm³/mol. The van der Waals surface area contributed by atoms with Gasteiger partial charge in [-0.25, -0.2) is 0 Å². The second-order valence-electron chi connectivity index (χ2n) is 6.57. The maximum absolute atomic E-state index is 11.0. The molecule has 0 aliphatic carbocycles. The summed E-state index contributed by atoms with van der Waals surface area (Å²) in [5.74, 6) is -0.512. The fraction of sp³-hybridized carbons (Fsp3) is 0.350. The number of aliphatic hydroxyl groups is 3. The molecule has 0 bridgehead atoms. The molecular formula is C20H21Cl2NO3. The summed E-state index contributed by atoms with van der Waals surface area (Å²) in [5, 5.41) is 30.9. The molecule has 2 aromatic carbocycles. The number of hydrogen-bond donors (Lipinski definition) is 3. The van der Waals surface area contributed by atoms with E-state index < -0.39 is 6.10 Å². The molecule has 4 nitrogen and oxygen atoms in total. The van der Waals surface area contributed by atoms with Gasteiger partial charge in [-0.15, -0.1) is 0 Å². The number of nitrogens with zero attached hydrogens (tertiary/aromatic N) is 1. The Balaban J connectivity index is 2.08. The van der Waals surface area contributed by atoms with Crippen molar-refractivity contribution in [2.75, 3.05) is 19.8 Å². The summed E-state index contributed by atoms with van der Waals surface area (Å²) >= 11 is 12.6. The van der Waals surface area contributed by atoms with Gasteiger partial charge in [0, 0.05) is 52.8 Å². The lowest BCUT2D eigenvalue weighted by atomic mass is 9.86. The zero-order valence-electron chi connectivity index (χ0n) is 14.1. The molecule has 1 heterocycles. The fourth-order valence-electron chi connectivity index (χ4n) is 3.36. The third-order valence-corrected chi connectivity index (χ3v) is 5.37. The van der Waals surface area contributed by atoms with E-state index in [9.17, 15) is 15.3 Å². The Morgan fingerprint density at radius 1 is 1.04 bits per heavy atom. The second kappa shape index (κ2) is 8.51. The van der Waals surface area contributed by atoms with Crippen LogP contribution < -0.4 is 0 Å². The zero-order valence-corrected chi connectivity index (χ0v) is 15.7. The van der Waals surface area contributed by atoms with Crippen molar-refractivity contribution in [1.29, 1.82) is 0 Å². The van der Waals surface area contributed by atoms with E-state index in [2.05, 4.69) is 0 Å². The first-order chi connectivity index (χ1) is 12.5. The van der Waals surface area contributed by atoms with Crippen LogP contribution in [0.2, 0.25) is 10.0 Å². The van der Waals surface area contributed by atoms with E-state index in [4.69, 9.17) is 28.2 Å². The van der Waals surface area contributed by atoms with Gasteiger partial charge < -0.3 is 15.3 Å². The lowest BCUT2D eigenvalue weighted by Gasteiger charge is -2.24. The highest BCUT2D eigenvalue weighted by molar-refractivity contribution is 6.36. The Morgan fingerprint density at radius 2 is 1.77 bits per heavy atom. The van der Waals surface area contributed by atoms with Crippen LogP contribution in [0.25, 0.3) is 0 Å². The lowest BCUT2D eigenvalue weighted by Crippen LogP contribution is -2.22. The van der Waals surface area contributed by atoms with Gasteiger partial charge in [0.15, 0.2) is 0 Å². The highest BCUT2D eigenvalue weighted by Crippen LogP contribution is 2.36. The molecule has 0 aromatic heterocycles. The standard InChI is InChI=1S/C20H21Cl2NO3/c21-14-5-6-15-17(8-14)19(16-3-1-2-4-18(16)22)23-9-13(20(15)26)7-12(10-24)11-25/h1-6,8,12-13,20,24-26H,7,9-11H2/t13-,20-/m1/s1. The monoisotopic (exact) mass is 393 g/mol.